The molecule has 29 heavy (non-hydrogen) atoms. The van der Waals surface area contributed by atoms with Crippen molar-refractivity contribution in [2.45, 2.75) is 45.6 Å². The van der Waals surface area contributed by atoms with Crippen LogP contribution in [0.4, 0.5) is 0 Å². The highest BCUT2D eigenvalue weighted by Crippen LogP contribution is 2.25. The molecule has 2 aromatic rings. The average Bonchev–Trinajstić information content (AvgIpc) is 2.97. The highest BCUT2D eigenvalue weighted by molar-refractivity contribution is 5.79. The molecule has 6 heteroatoms. The van der Waals surface area contributed by atoms with Crippen LogP contribution < -0.4 is 5.56 Å². The van der Waals surface area contributed by atoms with Crippen molar-refractivity contribution in [3.05, 3.63) is 51.9 Å². The van der Waals surface area contributed by atoms with Crippen molar-refractivity contribution in [3.8, 4) is 11.4 Å². The number of aryl methyl sites for hydroxylation is 1. The molecule has 1 aromatic carbocycles. The molecule has 1 aliphatic heterocycles. The number of carbonyl (C=O) groups is 1. The van der Waals surface area contributed by atoms with E-state index in [-0.39, 0.29) is 17.4 Å². The topological polar surface area (TPSA) is 69.3 Å². The van der Waals surface area contributed by atoms with Crippen LogP contribution in [0.5, 0.6) is 0 Å². The molecule has 154 valence electrons. The lowest BCUT2D eigenvalue weighted by Gasteiger charge is -2.38. The molecule has 4 rings (SSSR count). The lowest BCUT2D eigenvalue weighted by atomic mass is 9.97. The van der Waals surface area contributed by atoms with Crippen LogP contribution in [0.1, 0.15) is 37.9 Å². The van der Waals surface area contributed by atoms with E-state index in [1.54, 1.807) is 0 Å². The second-order valence-corrected chi connectivity index (χ2v) is 8.44. The molecular weight excluding hydrogens is 364 g/mol. The van der Waals surface area contributed by atoms with Crippen LogP contribution in [0.2, 0.25) is 0 Å². The molecule has 1 aromatic heterocycles. The third kappa shape index (κ3) is 4.27. The van der Waals surface area contributed by atoms with Crippen molar-refractivity contribution in [3.63, 3.8) is 0 Å². The number of H-pyrrole nitrogens is 1. The first kappa shape index (κ1) is 19.8. The predicted octanol–water partition coefficient (Wildman–Crippen LogP) is 2.48. The summed E-state index contributed by atoms with van der Waals surface area (Å²) in [6.45, 7) is 7.90. The summed E-state index contributed by atoms with van der Waals surface area (Å²) in [5.41, 5.74) is 2.46. The summed E-state index contributed by atoms with van der Waals surface area (Å²) >= 11 is 0. The van der Waals surface area contributed by atoms with Gasteiger partial charge in [0.1, 0.15) is 5.82 Å². The Bertz CT molecular complexity index is 914. The summed E-state index contributed by atoms with van der Waals surface area (Å²) in [7, 11) is 0. The summed E-state index contributed by atoms with van der Waals surface area (Å²) < 4.78 is 0. The molecule has 0 bridgehead atoms. The van der Waals surface area contributed by atoms with Gasteiger partial charge in [0, 0.05) is 49.3 Å². The molecule has 1 fully saturated rings. The molecule has 1 saturated heterocycles. The number of benzene rings is 1. The van der Waals surface area contributed by atoms with Crippen molar-refractivity contribution < 1.29 is 4.79 Å². The molecule has 0 spiro atoms. The van der Waals surface area contributed by atoms with Gasteiger partial charge < -0.3 is 9.88 Å². The number of nitrogens with one attached hydrogen (secondary N) is 1. The molecule has 1 aliphatic carbocycles. The molecule has 2 aliphatic rings. The fourth-order valence-corrected chi connectivity index (χ4v) is 4.48. The van der Waals surface area contributed by atoms with E-state index in [1.807, 2.05) is 35.2 Å². The first-order valence-electron chi connectivity index (χ1n) is 10.7. The number of rotatable bonds is 3. The number of amides is 1. The molecule has 1 amide bonds. The first-order valence-corrected chi connectivity index (χ1v) is 10.7. The van der Waals surface area contributed by atoms with Crippen molar-refractivity contribution in [2.24, 2.45) is 5.92 Å². The third-order valence-electron chi connectivity index (χ3n) is 6.33. The molecule has 1 N–H and O–H groups in total. The van der Waals surface area contributed by atoms with E-state index in [9.17, 15) is 9.59 Å². The van der Waals surface area contributed by atoms with E-state index >= 15 is 0 Å². The van der Waals surface area contributed by atoms with E-state index in [2.05, 4.69) is 23.7 Å². The molecule has 2 heterocycles. The summed E-state index contributed by atoms with van der Waals surface area (Å²) in [5, 5.41) is 0. The summed E-state index contributed by atoms with van der Waals surface area (Å²) in [6, 6.07) is 10.2. The monoisotopic (exact) mass is 394 g/mol. The van der Waals surface area contributed by atoms with E-state index in [1.165, 1.54) is 0 Å². The van der Waals surface area contributed by atoms with Crippen LogP contribution in [0, 0.1) is 5.92 Å². The zero-order valence-electron chi connectivity index (χ0n) is 17.4. The maximum atomic E-state index is 13.1. The number of fused-ring (bicyclic) bond motifs is 1. The minimum Gasteiger partial charge on any atom is -0.340 e. The number of aromatic amines is 1. The predicted molar refractivity (Wildman–Crippen MR) is 114 cm³/mol. The molecular formula is C23H30N4O2. The van der Waals surface area contributed by atoms with Crippen molar-refractivity contribution >= 4 is 5.91 Å². The quantitative estimate of drug-likeness (QED) is 0.812. The van der Waals surface area contributed by atoms with Gasteiger partial charge in [0.05, 0.1) is 5.69 Å². The lowest BCUT2D eigenvalue weighted by molar-refractivity contribution is -0.138. The van der Waals surface area contributed by atoms with Crippen LogP contribution in [0.3, 0.4) is 0 Å². The van der Waals surface area contributed by atoms with Gasteiger partial charge >= 0.3 is 0 Å². The molecule has 6 nitrogen and oxygen atoms in total. The van der Waals surface area contributed by atoms with Crippen molar-refractivity contribution in [1.82, 2.24) is 19.8 Å². The third-order valence-corrected chi connectivity index (χ3v) is 6.33. The molecule has 1 atom stereocenters. The van der Waals surface area contributed by atoms with Gasteiger partial charge in [-0.3, -0.25) is 14.5 Å². The summed E-state index contributed by atoms with van der Waals surface area (Å²) in [6.07, 6.45) is 2.79. The minimum absolute atomic E-state index is 0.0191. The van der Waals surface area contributed by atoms with Crippen LogP contribution in [-0.2, 0) is 17.6 Å². The summed E-state index contributed by atoms with van der Waals surface area (Å²) in [4.78, 5) is 37.9. The van der Waals surface area contributed by atoms with E-state index in [0.29, 0.717) is 24.7 Å². The zero-order valence-corrected chi connectivity index (χ0v) is 17.4. The lowest BCUT2D eigenvalue weighted by Crippen LogP contribution is -2.52. The molecule has 0 saturated carbocycles. The Morgan fingerprint density at radius 2 is 1.76 bits per heavy atom. The van der Waals surface area contributed by atoms with E-state index in [0.717, 1.165) is 55.8 Å². The standard InChI is InChI=1S/C23H30N4O2/c1-16(2)26-12-14-27(15-13-26)23(29)18-8-10-19-20(11-9-18)24-21(25-22(19)28)17-6-4-3-5-7-17/h3-7,16,18H,8-15H2,1-2H3,(H,24,25,28). The smallest absolute Gasteiger partial charge is 0.254 e. The fraction of sp³-hybridized carbons (Fsp3) is 0.522. The number of aromatic nitrogens is 2. The number of hydrogen-bond acceptors (Lipinski definition) is 4. The normalized spacial score (nSPS) is 20.4. The van der Waals surface area contributed by atoms with Crippen molar-refractivity contribution in [1.29, 1.82) is 0 Å². The fourth-order valence-electron chi connectivity index (χ4n) is 4.48. The van der Waals surface area contributed by atoms with Crippen LogP contribution in [0.15, 0.2) is 35.1 Å². The maximum Gasteiger partial charge on any atom is 0.254 e. The average molecular weight is 395 g/mol. The van der Waals surface area contributed by atoms with Gasteiger partial charge in [0.25, 0.3) is 5.56 Å². The largest absolute Gasteiger partial charge is 0.340 e. The highest BCUT2D eigenvalue weighted by Gasteiger charge is 2.30. The van der Waals surface area contributed by atoms with Gasteiger partial charge in [0.15, 0.2) is 0 Å². The van der Waals surface area contributed by atoms with Crippen molar-refractivity contribution in [2.75, 3.05) is 26.2 Å². The van der Waals surface area contributed by atoms with E-state index < -0.39 is 0 Å². The highest BCUT2D eigenvalue weighted by atomic mass is 16.2. The Kier molecular flexibility index (Phi) is 5.81. The maximum absolute atomic E-state index is 13.1. The van der Waals surface area contributed by atoms with Gasteiger partial charge in [-0.15, -0.1) is 0 Å². The number of nitrogens with zero attached hydrogens (tertiary/aromatic N) is 3. The van der Waals surface area contributed by atoms with Crippen LogP contribution in [0.25, 0.3) is 11.4 Å². The van der Waals surface area contributed by atoms with Gasteiger partial charge in [-0.05, 0) is 39.5 Å². The van der Waals surface area contributed by atoms with Gasteiger partial charge in [0.2, 0.25) is 5.91 Å². The Morgan fingerprint density at radius 1 is 1.07 bits per heavy atom. The number of hydrogen-bond donors (Lipinski definition) is 1. The zero-order chi connectivity index (χ0) is 20.4. The van der Waals surface area contributed by atoms with Gasteiger partial charge in [-0.25, -0.2) is 4.98 Å². The first-order chi connectivity index (χ1) is 14.0. The summed E-state index contributed by atoms with van der Waals surface area (Å²) in [5.74, 6) is 0.847. The Balaban J connectivity index is 1.46. The Hall–Kier alpha value is -2.47. The second kappa shape index (κ2) is 8.49. The Labute approximate surface area is 172 Å². The van der Waals surface area contributed by atoms with Gasteiger partial charge in [-0.2, -0.15) is 0 Å². The molecule has 0 radical (unpaired) electrons. The SMILES string of the molecule is CC(C)N1CCN(C(=O)C2CCc3nc(-c4ccccc4)[nH]c(=O)c3CC2)CC1. The molecule has 1 unspecified atom stereocenters. The number of carbonyl (C=O) groups excluding carboxylic acids is 1. The number of piperazine rings is 1. The minimum atomic E-state index is -0.0625. The van der Waals surface area contributed by atoms with Crippen LogP contribution in [-0.4, -0.2) is 57.9 Å². The van der Waals surface area contributed by atoms with E-state index in [4.69, 9.17) is 4.98 Å². The Morgan fingerprint density at radius 3 is 2.45 bits per heavy atom. The second-order valence-electron chi connectivity index (χ2n) is 8.44. The van der Waals surface area contributed by atoms with Crippen LogP contribution >= 0.6 is 0 Å². The van der Waals surface area contributed by atoms with Gasteiger partial charge in [-0.1, -0.05) is 30.3 Å².